The largest absolute Gasteiger partial charge is 0.310 e. The summed E-state index contributed by atoms with van der Waals surface area (Å²) < 4.78 is 23.6. The first kappa shape index (κ1) is 18.5. The molecule has 1 unspecified atom stereocenters. The minimum absolute atomic E-state index is 0.320. The molecule has 0 spiro atoms. The van der Waals surface area contributed by atoms with Gasteiger partial charge in [-0.3, -0.25) is 0 Å². The van der Waals surface area contributed by atoms with Crippen molar-refractivity contribution in [1.29, 1.82) is 0 Å². The van der Waals surface area contributed by atoms with Crippen LogP contribution in [0, 0.1) is 0 Å². The summed E-state index contributed by atoms with van der Waals surface area (Å²) in [5.41, 5.74) is 0.669. The first-order chi connectivity index (χ1) is 9.86. The molecular weight excluding hydrogens is 306 g/mol. The van der Waals surface area contributed by atoms with E-state index in [2.05, 4.69) is 19.2 Å². The van der Waals surface area contributed by atoms with E-state index in [1.54, 1.807) is 18.2 Å². The summed E-state index contributed by atoms with van der Waals surface area (Å²) in [6.45, 7) is 4.81. The van der Waals surface area contributed by atoms with Crippen LogP contribution in [0.3, 0.4) is 0 Å². The fourth-order valence-corrected chi connectivity index (χ4v) is 3.57. The van der Waals surface area contributed by atoms with Crippen LogP contribution >= 0.6 is 11.6 Å². The van der Waals surface area contributed by atoms with Gasteiger partial charge in [-0.25, -0.2) is 8.42 Å². The topological polar surface area (TPSA) is 46.2 Å². The quantitative estimate of drug-likeness (QED) is 0.690. The second-order valence-corrected chi connectivity index (χ2v) is 8.01. The normalized spacial score (nSPS) is 13.3. The Bertz CT molecular complexity index is 543. The van der Waals surface area contributed by atoms with Gasteiger partial charge < -0.3 is 5.32 Å². The zero-order valence-electron chi connectivity index (χ0n) is 13.2. The van der Waals surface area contributed by atoms with Gasteiger partial charge in [-0.2, -0.15) is 0 Å². The molecule has 1 atom stereocenters. The van der Waals surface area contributed by atoms with Gasteiger partial charge in [0.2, 0.25) is 0 Å². The highest BCUT2D eigenvalue weighted by atomic mass is 35.5. The second-order valence-electron chi connectivity index (χ2n) is 5.62. The highest BCUT2D eigenvalue weighted by Gasteiger charge is 2.16. The number of benzene rings is 1. The number of nitrogens with one attached hydrogen (secondary N) is 1. The Morgan fingerprint density at radius 1 is 1.24 bits per heavy atom. The molecule has 0 bridgehead atoms. The van der Waals surface area contributed by atoms with Crippen molar-refractivity contribution in [1.82, 2.24) is 5.32 Å². The van der Waals surface area contributed by atoms with E-state index in [1.807, 2.05) is 0 Å². The first-order valence-corrected chi connectivity index (χ1v) is 9.84. The summed E-state index contributed by atoms with van der Waals surface area (Å²) in [5.74, 6) is 0. The van der Waals surface area contributed by atoms with Crippen LogP contribution in [0.25, 0.3) is 0 Å². The van der Waals surface area contributed by atoms with Crippen molar-refractivity contribution in [2.45, 2.75) is 63.4 Å². The predicted octanol–water partition coefficient (Wildman–Crippen LogP) is 4.19. The maximum Gasteiger partial charge on any atom is 0.175 e. The van der Waals surface area contributed by atoms with Gasteiger partial charge in [0.25, 0.3) is 0 Å². The molecule has 1 rings (SSSR count). The molecule has 0 heterocycles. The van der Waals surface area contributed by atoms with E-state index in [0.717, 1.165) is 6.42 Å². The van der Waals surface area contributed by atoms with E-state index >= 15 is 0 Å². The fraction of sp³-hybridized carbons (Fsp3) is 0.625. The van der Waals surface area contributed by atoms with Gasteiger partial charge >= 0.3 is 0 Å². The molecule has 1 aromatic carbocycles. The third-order valence-electron chi connectivity index (χ3n) is 3.59. The lowest BCUT2D eigenvalue weighted by Gasteiger charge is -2.16. The Morgan fingerprint density at radius 2 is 1.95 bits per heavy atom. The van der Waals surface area contributed by atoms with Crippen LogP contribution in [0.1, 0.15) is 51.5 Å². The van der Waals surface area contributed by atoms with Crippen molar-refractivity contribution in [2.24, 2.45) is 0 Å². The zero-order chi connectivity index (χ0) is 15.9. The van der Waals surface area contributed by atoms with Crippen LogP contribution in [0.15, 0.2) is 23.1 Å². The number of hydrogen-bond donors (Lipinski definition) is 1. The summed E-state index contributed by atoms with van der Waals surface area (Å²) >= 11 is 6.16. The Labute approximate surface area is 134 Å². The average molecular weight is 332 g/mol. The van der Waals surface area contributed by atoms with Gasteiger partial charge in [0.1, 0.15) is 0 Å². The number of unbranched alkanes of at least 4 members (excludes halogenated alkanes) is 3. The molecule has 0 aromatic heterocycles. The van der Waals surface area contributed by atoms with E-state index < -0.39 is 9.84 Å². The minimum Gasteiger partial charge on any atom is -0.310 e. The molecule has 0 saturated heterocycles. The summed E-state index contributed by atoms with van der Waals surface area (Å²) in [6, 6.07) is 5.38. The minimum atomic E-state index is -3.25. The van der Waals surface area contributed by atoms with Crippen LogP contribution in [0.5, 0.6) is 0 Å². The monoisotopic (exact) mass is 331 g/mol. The highest BCUT2D eigenvalue weighted by molar-refractivity contribution is 7.90. The van der Waals surface area contributed by atoms with Gasteiger partial charge in [-0.15, -0.1) is 0 Å². The number of rotatable bonds is 9. The van der Waals surface area contributed by atoms with E-state index in [0.29, 0.717) is 28.1 Å². The van der Waals surface area contributed by atoms with Crippen LogP contribution in [-0.4, -0.2) is 20.7 Å². The molecule has 0 aliphatic heterocycles. The molecule has 0 amide bonds. The smallest absolute Gasteiger partial charge is 0.175 e. The molecule has 0 saturated carbocycles. The number of halogens is 1. The van der Waals surface area contributed by atoms with Crippen molar-refractivity contribution < 1.29 is 8.42 Å². The standard InChI is InChI=1S/C16H26ClNO2S/c1-4-5-6-7-9-13(2)18-12-14-15(17)10-8-11-16(14)21(3,19)20/h8,10-11,13,18H,4-7,9,12H2,1-3H3. The summed E-state index contributed by atoms with van der Waals surface area (Å²) in [5, 5.41) is 3.88. The van der Waals surface area contributed by atoms with Gasteiger partial charge in [0.15, 0.2) is 9.84 Å². The maximum absolute atomic E-state index is 11.8. The van der Waals surface area contributed by atoms with Crippen LogP contribution in [0.2, 0.25) is 5.02 Å². The van der Waals surface area contributed by atoms with Gasteiger partial charge in [-0.1, -0.05) is 50.3 Å². The lowest BCUT2D eigenvalue weighted by atomic mass is 10.1. The summed E-state index contributed by atoms with van der Waals surface area (Å²) in [7, 11) is -3.25. The summed E-state index contributed by atoms with van der Waals surface area (Å²) in [6.07, 6.45) is 7.27. The third-order valence-corrected chi connectivity index (χ3v) is 5.13. The molecule has 0 aliphatic rings. The van der Waals surface area contributed by atoms with Crippen molar-refractivity contribution in [3.8, 4) is 0 Å². The molecule has 120 valence electrons. The first-order valence-electron chi connectivity index (χ1n) is 7.57. The second kappa shape index (κ2) is 8.76. The SMILES string of the molecule is CCCCCCC(C)NCc1c(Cl)cccc1S(C)(=O)=O. The van der Waals surface area contributed by atoms with Gasteiger partial charge in [0, 0.05) is 29.4 Å². The lowest BCUT2D eigenvalue weighted by Crippen LogP contribution is -2.26. The maximum atomic E-state index is 11.8. The molecule has 3 nitrogen and oxygen atoms in total. The van der Waals surface area contributed by atoms with Gasteiger partial charge in [-0.05, 0) is 25.5 Å². The average Bonchev–Trinajstić information content (AvgIpc) is 2.41. The van der Waals surface area contributed by atoms with Crippen LogP contribution in [-0.2, 0) is 16.4 Å². The summed E-state index contributed by atoms with van der Waals surface area (Å²) in [4.78, 5) is 0.320. The Morgan fingerprint density at radius 3 is 2.57 bits per heavy atom. The number of hydrogen-bond acceptors (Lipinski definition) is 3. The zero-order valence-corrected chi connectivity index (χ0v) is 14.7. The van der Waals surface area contributed by atoms with E-state index in [-0.39, 0.29) is 0 Å². The molecule has 21 heavy (non-hydrogen) atoms. The lowest BCUT2D eigenvalue weighted by molar-refractivity contribution is 0.480. The third kappa shape index (κ3) is 6.37. The van der Waals surface area contributed by atoms with Gasteiger partial charge in [0.05, 0.1) is 4.90 Å². The Balaban J connectivity index is 2.63. The van der Waals surface area contributed by atoms with Crippen molar-refractivity contribution in [3.63, 3.8) is 0 Å². The predicted molar refractivity (Wildman–Crippen MR) is 89.6 cm³/mol. The van der Waals surface area contributed by atoms with E-state index in [4.69, 9.17) is 11.6 Å². The molecule has 0 fully saturated rings. The molecule has 0 radical (unpaired) electrons. The van der Waals surface area contributed by atoms with Crippen molar-refractivity contribution >= 4 is 21.4 Å². The molecule has 5 heteroatoms. The molecule has 0 aliphatic carbocycles. The Kier molecular flexibility index (Phi) is 7.71. The van der Waals surface area contributed by atoms with Crippen molar-refractivity contribution in [3.05, 3.63) is 28.8 Å². The van der Waals surface area contributed by atoms with Crippen molar-refractivity contribution in [2.75, 3.05) is 6.26 Å². The molecule has 1 N–H and O–H groups in total. The number of sulfone groups is 1. The van der Waals surface area contributed by atoms with Crippen LogP contribution < -0.4 is 5.32 Å². The molecular formula is C16H26ClNO2S. The van der Waals surface area contributed by atoms with E-state index in [1.165, 1.54) is 31.9 Å². The molecule has 1 aromatic rings. The fourth-order valence-electron chi connectivity index (χ4n) is 2.31. The highest BCUT2D eigenvalue weighted by Crippen LogP contribution is 2.24. The van der Waals surface area contributed by atoms with Crippen LogP contribution in [0.4, 0.5) is 0 Å². The van der Waals surface area contributed by atoms with E-state index in [9.17, 15) is 8.42 Å². The Hall–Kier alpha value is -0.580.